The van der Waals surface area contributed by atoms with Crippen LogP contribution in [0.2, 0.25) is 0 Å². The van der Waals surface area contributed by atoms with Crippen LogP contribution in [-0.2, 0) is 6.54 Å². The summed E-state index contributed by atoms with van der Waals surface area (Å²) in [6.45, 7) is 4.77. The molecular weight excluding hydrogens is 328 g/mol. The third-order valence-corrected chi connectivity index (χ3v) is 5.23. The van der Waals surface area contributed by atoms with Crippen molar-refractivity contribution in [2.45, 2.75) is 20.4 Å². The van der Waals surface area contributed by atoms with Gasteiger partial charge >= 0.3 is 0 Å². The highest BCUT2D eigenvalue weighted by atomic mass is 32.1. The Morgan fingerprint density at radius 3 is 2.83 bits per heavy atom. The van der Waals surface area contributed by atoms with Gasteiger partial charge in [0.25, 0.3) is 0 Å². The minimum atomic E-state index is 0.714. The van der Waals surface area contributed by atoms with Crippen molar-refractivity contribution in [1.82, 2.24) is 24.8 Å². The van der Waals surface area contributed by atoms with Gasteiger partial charge in [0, 0.05) is 15.8 Å². The number of nitrogens with zero attached hydrogens (tertiary/aromatic N) is 5. The standard InChI is InChI=1S/C15H14N6S2/c1-9-12(23-10(2)17-9)7-16-13-3-4-14-18-19-15(21(14)20-13)11-5-6-22-8-11/h3-6,8H,7H2,1-2H3,(H,16,20). The molecule has 0 saturated carbocycles. The second kappa shape index (κ2) is 5.71. The van der Waals surface area contributed by atoms with Crippen molar-refractivity contribution < 1.29 is 0 Å². The van der Waals surface area contributed by atoms with E-state index in [9.17, 15) is 0 Å². The topological polar surface area (TPSA) is 68.0 Å². The van der Waals surface area contributed by atoms with E-state index >= 15 is 0 Å². The summed E-state index contributed by atoms with van der Waals surface area (Å²) in [7, 11) is 0. The lowest BCUT2D eigenvalue weighted by Gasteiger charge is -2.05. The molecule has 0 spiro atoms. The van der Waals surface area contributed by atoms with Crippen LogP contribution in [0.25, 0.3) is 17.0 Å². The number of aromatic nitrogens is 5. The van der Waals surface area contributed by atoms with Gasteiger partial charge < -0.3 is 5.32 Å². The number of aryl methyl sites for hydroxylation is 2. The fourth-order valence-electron chi connectivity index (χ4n) is 2.36. The van der Waals surface area contributed by atoms with Gasteiger partial charge in [-0.15, -0.1) is 26.6 Å². The Labute approximate surface area is 140 Å². The molecule has 8 heteroatoms. The van der Waals surface area contributed by atoms with Crippen LogP contribution >= 0.6 is 22.7 Å². The number of nitrogens with one attached hydrogen (secondary N) is 1. The van der Waals surface area contributed by atoms with Gasteiger partial charge in [0.15, 0.2) is 11.5 Å². The van der Waals surface area contributed by atoms with E-state index in [-0.39, 0.29) is 0 Å². The monoisotopic (exact) mass is 342 g/mol. The first kappa shape index (κ1) is 14.3. The van der Waals surface area contributed by atoms with Gasteiger partial charge in [0.1, 0.15) is 5.82 Å². The Morgan fingerprint density at radius 1 is 1.17 bits per heavy atom. The third kappa shape index (κ3) is 2.71. The van der Waals surface area contributed by atoms with E-state index in [1.165, 1.54) is 4.88 Å². The molecule has 0 amide bonds. The molecule has 4 heterocycles. The number of hydrogen-bond acceptors (Lipinski definition) is 7. The summed E-state index contributed by atoms with van der Waals surface area (Å²) in [5.41, 5.74) is 2.84. The summed E-state index contributed by atoms with van der Waals surface area (Å²) in [5.74, 6) is 1.55. The smallest absolute Gasteiger partial charge is 0.186 e. The summed E-state index contributed by atoms with van der Waals surface area (Å²) in [5, 5.41) is 21.5. The van der Waals surface area contributed by atoms with Crippen molar-refractivity contribution >= 4 is 34.1 Å². The van der Waals surface area contributed by atoms with E-state index in [0.29, 0.717) is 6.54 Å². The second-order valence-electron chi connectivity index (χ2n) is 5.12. The van der Waals surface area contributed by atoms with Gasteiger partial charge in [-0.3, -0.25) is 0 Å². The van der Waals surface area contributed by atoms with E-state index in [0.717, 1.165) is 33.6 Å². The number of anilines is 1. The number of thiazole rings is 1. The molecule has 0 radical (unpaired) electrons. The minimum absolute atomic E-state index is 0.714. The number of rotatable bonds is 4. The highest BCUT2D eigenvalue weighted by Gasteiger charge is 2.11. The highest BCUT2D eigenvalue weighted by Crippen LogP contribution is 2.22. The van der Waals surface area contributed by atoms with E-state index < -0.39 is 0 Å². The van der Waals surface area contributed by atoms with Gasteiger partial charge in [-0.1, -0.05) is 0 Å². The molecule has 0 aliphatic heterocycles. The molecule has 6 nitrogen and oxygen atoms in total. The van der Waals surface area contributed by atoms with Crippen LogP contribution < -0.4 is 5.32 Å². The van der Waals surface area contributed by atoms with Crippen LogP contribution in [0.15, 0.2) is 29.0 Å². The molecule has 0 saturated heterocycles. The zero-order valence-corrected chi connectivity index (χ0v) is 14.3. The van der Waals surface area contributed by atoms with Gasteiger partial charge in [-0.05, 0) is 37.4 Å². The number of fused-ring (bicyclic) bond motifs is 1. The summed E-state index contributed by atoms with van der Waals surface area (Å²) in [4.78, 5) is 5.67. The maximum Gasteiger partial charge on any atom is 0.186 e. The molecule has 116 valence electrons. The van der Waals surface area contributed by atoms with E-state index in [1.807, 2.05) is 42.8 Å². The van der Waals surface area contributed by atoms with Crippen molar-refractivity contribution in [2.24, 2.45) is 0 Å². The van der Waals surface area contributed by atoms with Gasteiger partial charge in [-0.25, -0.2) is 4.98 Å². The Kier molecular flexibility index (Phi) is 3.55. The normalized spacial score (nSPS) is 11.2. The molecule has 23 heavy (non-hydrogen) atoms. The van der Waals surface area contributed by atoms with Gasteiger partial charge in [-0.2, -0.15) is 15.9 Å². The first-order valence-electron chi connectivity index (χ1n) is 7.12. The number of thiophene rings is 1. The largest absolute Gasteiger partial charge is 0.364 e. The SMILES string of the molecule is Cc1nc(C)c(CNc2ccc3nnc(-c4ccsc4)n3n2)s1. The molecule has 0 aliphatic rings. The van der Waals surface area contributed by atoms with Crippen LogP contribution in [0.5, 0.6) is 0 Å². The molecule has 0 fully saturated rings. The fraction of sp³-hybridized carbons (Fsp3) is 0.200. The van der Waals surface area contributed by atoms with Crippen LogP contribution in [0.1, 0.15) is 15.6 Å². The average molecular weight is 342 g/mol. The van der Waals surface area contributed by atoms with E-state index in [2.05, 4.69) is 25.6 Å². The van der Waals surface area contributed by atoms with Crippen molar-refractivity contribution in [2.75, 3.05) is 5.32 Å². The molecule has 4 aromatic heterocycles. The zero-order valence-electron chi connectivity index (χ0n) is 12.6. The minimum Gasteiger partial charge on any atom is -0.364 e. The molecule has 0 bridgehead atoms. The van der Waals surface area contributed by atoms with Crippen LogP contribution in [0.3, 0.4) is 0 Å². The molecule has 0 atom stereocenters. The van der Waals surface area contributed by atoms with Crippen molar-refractivity contribution in [3.63, 3.8) is 0 Å². The zero-order chi connectivity index (χ0) is 15.8. The lowest BCUT2D eigenvalue weighted by atomic mass is 10.3. The molecule has 0 unspecified atom stereocenters. The van der Waals surface area contributed by atoms with Crippen LogP contribution in [0, 0.1) is 13.8 Å². The van der Waals surface area contributed by atoms with Crippen molar-refractivity contribution in [3.05, 3.63) is 44.5 Å². The lowest BCUT2D eigenvalue weighted by Crippen LogP contribution is -2.04. The summed E-state index contributed by atoms with van der Waals surface area (Å²) in [6.07, 6.45) is 0. The van der Waals surface area contributed by atoms with Crippen LogP contribution in [0.4, 0.5) is 5.82 Å². The predicted molar refractivity (Wildman–Crippen MR) is 93.0 cm³/mol. The number of hydrogen-bond donors (Lipinski definition) is 1. The van der Waals surface area contributed by atoms with Crippen LogP contribution in [-0.4, -0.2) is 24.8 Å². The Hall–Kier alpha value is -2.32. The summed E-state index contributed by atoms with van der Waals surface area (Å²) in [6, 6.07) is 5.86. The first-order valence-corrected chi connectivity index (χ1v) is 8.88. The Morgan fingerprint density at radius 2 is 2.09 bits per heavy atom. The lowest BCUT2D eigenvalue weighted by molar-refractivity contribution is 0.926. The summed E-state index contributed by atoms with van der Waals surface area (Å²) >= 11 is 3.34. The fourth-order valence-corrected chi connectivity index (χ4v) is 3.87. The maximum atomic E-state index is 4.61. The molecule has 1 N–H and O–H groups in total. The van der Waals surface area contributed by atoms with E-state index in [4.69, 9.17) is 0 Å². The second-order valence-corrected chi connectivity index (χ2v) is 7.19. The van der Waals surface area contributed by atoms with Gasteiger partial charge in [0.05, 0.1) is 17.2 Å². The molecule has 4 aromatic rings. The Balaban J connectivity index is 1.63. The quantitative estimate of drug-likeness (QED) is 0.614. The molecular formula is C15H14N6S2. The highest BCUT2D eigenvalue weighted by molar-refractivity contribution is 7.11. The molecule has 0 aromatic carbocycles. The molecule has 4 rings (SSSR count). The first-order chi connectivity index (χ1) is 11.2. The predicted octanol–water partition coefficient (Wildman–Crippen LogP) is 3.54. The average Bonchev–Trinajstić information content (AvgIpc) is 3.24. The maximum absolute atomic E-state index is 4.61. The summed E-state index contributed by atoms with van der Waals surface area (Å²) < 4.78 is 1.77. The molecule has 0 aliphatic carbocycles. The third-order valence-electron chi connectivity index (χ3n) is 3.47. The van der Waals surface area contributed by atoms with Crippen molar-refractivity contribution in [3.8, 4) is 11.4 Å². The van der Waals surface area contributed by atoms with Crippen molar-refractivity contribution in [1.29, 1.82) is 0 Å². The van der Waals surface area contributed by atoms with E-state index in [1.54, 1.807) is 27.2 Å². The Bertz CT molecular complexity index is 954. The van der Waals surface area contributed by atoms with Gasteiger partial charge in [0.2, 0.25) is 0 Å².